The van der Waals surface area contributed by atoms with Crippen molar-refractivity contribution in [2.75, 3.05) is 31.1 Å². The molecule has 1 saturated heterocycles. The Morgan fingerprint density at radius 2 is 1.92 bits per heavy atom. The van der Waals surface area contributed by atoms with Gasteiger partial charge >= 0.3 is 6.09 Å². The number of amides is 1. The fourth-order valence-corrected chi connectivity index (χ4v) is 2.47. The molecule has 1 aromatic rings. The van der Waals surface area contributed by atoms with Gasteiger partial charge < -0.3 is 14.5 Å². The number of hydrogen-bond acceptors (Lipinski definition) is 5. The lowest BCUT2D eigenvalue weighted by Gasteiger charge is -2.36. The van der Waals surface area contributed by atoms with Gasteiger partial charge in [0, 0.05) is 31.7 Å². The number of anilines is 1. The predicted molar refractivity (Wildman–Crippen MR) is 86.5 cm³/mol. The van der Waals surface area contributed by atoms with E-state index in [0.29, 0.717) is 32.5 Å². The first-order valence-electron chi connectivity index (χ1n) is 7.67. The summed E-state index contributed by atoms with van der Waals surface area (Å²) in [5.74, 6) is -0.554. The number of halogens is 1. The summed E-state index contributed by atoms with van der Waals surface area (Å²) in [5, 5.41) is 9.07. The van der Waals surface area contributed by atoms with Crippen LogP contribution in [0.5, 0.6) is 0 Å². The topological polar surface area (TPSA) is 73.6 Å². The molecule has 1 fully saturated rings. The summed E-state index contributed by atoms with van der Waals surface area (Å²) >= 11 is 0. The van der Waals surface area contributed by atoms with Crippen LogP contribution < -0.4 is 4.90 Å². The number of benzene rings is 1. The van der Waals surface area contributed by atoms with Crippen LogP contribution in [0.2, 0.25) is 0 Å². The van der Waals surface area contributed by atoms with Crippen LogP contribution in [0.3, 0.4) is 0 Å². The molecule has 0 radical (unpaired) electrons. The number of carbonyl (C=O) groups is 2. The minimum atomic E-state index is -0.563. The lowest BCUT2D eigenvalue weighted by molar-refractivity contribution is 0.0240. The summed E-state index contributed by atoms with van der Waals surface area (Å²) in [4.78, 5) is 26.2. The van der Waals surface area contributed by atoms with Gasteiger partial charge in [-0.3, -0.25) is 4.79 Å². The van der Waals surface area contributed by atoms with E-state index in [1.807, 2.05) is 6.07 Å². The van der Waals surface area contributed by atoms with Crippen LogP contribution in [0.25, 0.3) is 0 Å². The molecule has 1 aliphatic rings. The first-order valence-corrected chi connectivity index (χ1v) is 7.67. The molecule has 128 valence electrons. The second kappa shape index (κ2) is 6.87. The summed E-state index contributed by atoms with van der Waals surface area (Å²) in [5.41, 5.74) is -0.129. The van der Waals surface area contributed by atoms with Crippen molar-refractivity contribution in [2.24, 2.45) is 0 Å². The third kappa shape index (κ3) is 4.02. The lowest BCUT2D eigenvalue weighted by Crippen LogP contribution is -2.50. The highest BCUT2D eigenvalue weighted by Gasteiger charge is 2.27. The Balaban J connectivity index is 2.09. The van der Waals surface area contributed by atoms with Crippen molar-refractivity contribution in [3.05, 3.63) is 29.1 Å². The van der Waals surface area contributed by atoms with Crippen LogP contribution in [0.1, 0.15) is 36.7 Å². The molecule has 1 aromatic carbocycles. The van der Waals surface area contributed by atoms with Crippen LogP contribution in [0.4, 0.5) is 14.9 Å². The zero-order chi connectivity index (χ0) is 17.9. The molecule has 0 saturated carbocycles. The van der Waals surface area contributed by atoms with E-state index in [0.717, 1.165) is 6.07 Å². The molecular formula is C17H20FN3O3. The van der Waals surface area contributed by atoms with Gasteiger partial charge in [-0.25, -0.2) is 9.18 Å². The third-order valence-electron chi connectivity index (χ3n) is 3.64. The zero-order valence-electron chi connectivity index (χ0n) is 14.0. The number of hydrogen-bond donors (Lipinski definition) is 0. The van der Waals surface area contributed by atoms with Gasteiger partial charge in [0.2, 0.25) is 0 Å². The molecule has 0 bridgehead atoms. The van der Waals surface area contributed by atoms with Crippen LogP contribution in [0.15, 0.2) is 12.1 Å². The predicted octanol–water partition coefficient (Wildman–Crippen LogP) is 2.57. The summed E-state index contributed by atoms with van der Waals surface area (Å²) in [6.07, 6.45) is 0.0721. The van der Waals surface area contributed by atoms with Gasteiger partial charge in [0.05, 0.1) is 17.3 Å². The molecule has 7 heteroatoms. The summed E-state index contributed by atoms with van der Waals surface area (Å²) in [6, 6.07) is 4.34. The Hall–Kier alpha value is -2.62. The lowest BCUT2D eigenvalue weighted by atomic mass is 10.1. The Morgan fingerprint density at radius 1 is 1.29 bits per heavy atom. The van der Waals surface area contributed by atoms with Gasteiger partial charge in [-0.1, -0.05) is 0 Å². The van der Waals surface area contributed by atoms with Crippen molar-refractivity contribution >= 4 is 18.1 Å². The van der Waals surface area contributed by atoms with Crippen molar-refractivity contribution in [1.29, 1.82) is 5.26 Å². The smallest absolute Gasteiger partial charge is 0.410 e. The molecule has 1 amide bonds. The summed E-state index contributed by atoms with van der Waals surface area (Å²) < 4.78 is 19.5. The molecule has 0 atom stereocenters. The Kier molecular flexibility index (Phi) is 5.07. The molecule has 24 heavy (non-hydrogen) atoms. The SMILES string of the molecule is CC(C)(C)OC(=O)N1CCN(c2cc(C#N)c(C=O)cc2F)CC1. The largest absolute Gasteiger partial charge is 0.444 e. The Morgan fingerprint density at radius 3 is 2.42 bits per heavy atom. The van der Waals surface area contributed by atoms with Crippen LogP contribution in [0, 0.1) is 17.1 Å². The molecule has 2 rings (SSSR count). The highest BCUT2D eigenvalue weighted by atomic mass is 19.1. The molecule has 0 spiro atoms. The summed E-state index contributed by atoms with van der Waals surface area (Å²) in [7, 11) is 0. The molecule has 0 aromatic heterocycles. The molecular weight excluding hydrogens is 313 g/mol. The van der Waals surface area contributed by atoms with Gasteiger partial charge in [-0.15, -0.1) is 0 Å². The summed E-state index contributed by atoms with van der Waals surface area (Å²) in [6.45, 7) is 7.03. The normalized spacial score (nSPS) is 15.0. The van der Waals surface area contributed by atoms with Crippen molar-refractivity contribution in [3.63, 3.8) is 0 Å². The van der Waals surface area contributed by atoms with Gasteiger partial charge in [0.25, 0.3) is 0 Å². The van der Waals surface area contributed by atoms with E-state index >= 15 is 0 Å². The van der Waals surface area contributed by atoms with Gasteiger partial charge in [0.1, 0.15) is 11.4 Å². The fraction of sp³-hybridized carbons (Fsp3) is 0.471. The first-order chi connectivity index (χ1) is 11.2. The van der Waals surface area contributed by atoms with Crippen molar-refractivity contribution in [2.45, 2.75) is 26.4 Å². The highest BCUT2D eigenvalue weighted by molar-refractivity contribution is 5.81. The second-order valence-electron chi connectivity index (χ2n) is 6.57. The van der Waals surface area contributed by atoms with E-state index in [9.17, 15) is 14.0 Å². The number of carbonyl (C=O) groups excluding carboxylic acids is 2. The zero-order valence-corrected chi connectivity index (χ0v) is 14.0. The minimum Gasteiger partial charge on any atom is -0.444 e. The standard InChI is InChI=1S/C17H20FN3O3/c1-17(2,3)24-16(23)21-6-4-20(5-7-21)15-9-12(10-19)13(11-22)8-14(15)18/h8-9,11H,4-7H2,1-3H3. The van der Waals surface area contributed by atoms with E-state index < -0.39 is 17.5 Å². The monoisotopic (exact) mass is 333 g/mol. The van der Waals surface area contributed by atoms with Crippen LogP contribution in [-0.4, -0.2) is 49.1 Å². The minimum absolute atomic E-state index is 0.0335. The van der Waals surface area contributed by atoms with Gasteiger partial charge in [-0.2, -0.15) is 5.26 Å². The average molecular weight is 333 g/mol. The number of aldehydes is 1. The maximum Gasteiger partial charge on any atom is 0.410 e. The van der Waals surface area contributed by atoms with Crippen molar-refractivity contribution in [1.82, 2.24) is 4.90 Å². The number of nitrogens with zero attached hydrogens (tertiary/aromatic N) is 3. The number of rotatable bonds is 2. The van der Waals surface area contributed by atoms with E-state index in [1.54, 1.807) is 30.6 Å². The Labute approximate surface area is 140 Å². The van der Waals surface area contributed by atoms with Gasteiger partial charge in [0.15, 0.2) is 6.29 Å². The van der Waals surface area contributed by atoms with Gasteiger partial charge in [-0.05, 0) is 32.9 Å². The van der Waals surface area contributed by atoms with E-state index in [4.69, 9.17) is 10.00 Å². The molecule has 1 aliphatic heterocycles. The first kappa shape index (κ1) is 17.7. The molecule has 0 aliphatic carbocycles. The van der Waals surface area contributed by atoms with E-state index in [-0.39, 0.29) is 16.8 Å². The van der Waals surface area contributed by atoms with E-state index in [1.165, 1.54) is 6.07 Å². The van der Waals surface area contributed by atoms with E-state index in [2.05, 4.69) is 0 Å². The quantitative estimate of drug-likeness (QED) is 0.778. The number of ether oxygens (including phenoxy) is 1. The van der Waals surface area contributed by atoms with Crippen molar-refractivity contribution < 1.29 is 18.7 Å². The van der Waals surface area contributed by atoms with Crippen molar-refractivity contribution in [3.8, 4) is 6.07 Å². The fourth-order valence-electron chi connectivity index (χ4n) is 2.47. The van der Waals surface area contributed by atoms with Crippen LogP contribution in [-0.2, 0) is 4.74 Å². The second-order valence-corrected chi connectivity index (χ2v) is 6.57. The maximum absolute atomic E-state index is 14.2. The molecule has 6 nitrogen and oxygen atoms in total. The highest BCUT2D eigenvalue weighted by Crippen LogP contribution is 2.24. The number of nitriles is 1. The molecule has 0 N–H and O–H groups in total. The maximum atomic E-state index is 14.2. The Bertz CT molecular complexity index is 684. The number of piperazine rings is 1. The van der Waals surface area contributed by atoms with Crippen LogP contribution >= 0.6 is 0 Å². The third-order valence-corrected chi connectivity index (χ3v) is 3.64. The molecule has 1 heterocycles. The molecule has 0 unspecified atom stereocenters. The average Bonchev–Trinajstić information content (AvgIpc) is 2.53.